The summed E-state index contributed by atoms with van der Waals surface area (Å²) in [4.78, 5) is 35.7. The minimum absolute atomic E-state index is 0.299. The van der Waals surface area contributed by atoms with E-state index in [0.717, 1.165) is 17.4 Å². The van der Waals surface area contributed by atoms with Crippen molar-refractivity contribution < 1.29 is 41.9 Å². The van der Waals surface area contributed by atoms with Gasteiger partial charge in [0.25, 0.3) is 5.69 Å². The van der Waals surface area contributed by atoms with Crippen LogP contribution in [0.15, 0.2) is 42.5 Å². The summed E-state index contributed by atoms with van der Waals surface area (Å²) in [6.45, 7) is 5.14. The molecule has 0 radical (unpaired) electrons. The smallest absolute Gasteiger partial charge is 0.416 e. The lowest BCUT2D eigenvalue weighted by Crippen LogP contribution is -2.30. The van der Waals surface area contributed by atoms with Crippen LogP contribution in [0.2, 0.25) is 0 Å². The molecule has 0 saturated heterocycles. The minimum Gasteiger partial charge on any atom is -0.486 e. The molecule has 0 saturated carbocycles. The van der Waals surface area contributed by atoms with Gasteiger partial charge in [0.1, 0.15) is 24.9 Å². The maximum absolute atomic E-state index is 12.9. The molecule has 1 atom stereocenters. The number of nitro groups is 1. The van der Waals surface area contributed by atoms with Crippen molar-refractivity contribution in [3.63, 3.8) is 0 Å². The third-order valence-corrected chi connectivity index (χ3v) is 6.11. The van der Waals surface area contributed by atoms with Gasteiger partial charge in [-0.2, -0.15) is 13.2 Å². The van der Waals surface area contributed by atoms with Crippen molar-refractivity contribution in [1.82, 2.24) is 4.57 Å². The van der Waals surface area contributed by atoms with Crippen LogP contribution in [0.1, 0.15) is 34.2 Å². The molecule has 1 aliphatic heterocycles. The van der Waals surface area contributed by atoms with Gasteiger partial charge >= 0.3 is 12.1 Å². The summed E-state index contributed by atoms with van der Waals surface area (Å²) in [6, 6.07) is 7.78. The number of carbonyl (C=O) groups excluding carboxylic acids is 2. The molecule has 1 aliphatic rings. The van der Waals surface area contributed by atoms with Crippen molar-refractivity contribution in [2.24, 2.45) is 0 Å². The van der Waals surface area contributed by atoms with Gasteiger partial charge in [-0.1, -0.05) is 0 Å². The van der Waals surface area contributed by atoms with Crippen LogP contribution < -0.4 is 14.8 Å². The fourth-order valence-electron chi connectivity index (χ4n) is 4.23. The normalized spacial score (nSPS) is 13.5. The number of Topliss-reactive ketones (excluding diaryl/α,β-unsaturated/α-hetero) is 1. The number of nitrogens with one attached hydrogen (secondary N) is 1. The van der Waals surface area contributed by atoms with Gasteiger partial charge in [-0.15, -0.1) is 0 Å². The molecule has 39 heavy (non-hydrogen) atoms. The molecule has 2 heterocycles. The molecular formula is C26H24F3N3O7. The molecule has 2 aromatic carbocycles. The van der Waals surface area contributed by atoms with Gasteiger partial charge in [-0.05, 0) is 51.1 Å². The van der Waals surface area contributed by atoms with Crippen LogP contribution in [-0.2, 0) is 15.7 Å². The Bertz CT molecular complexity index is 1450. The van der Waals surface area contributed by atoms with E-state index in [1.54, 1.807) is 25.1 Å². The summed E-state index contributed by atoms with van der Waals surface area (Å²) in [5.41, 5.74) is 0.0871. The molecule has 0 aliphatic carbocycles. The van der Waals surface area contributed by atoms with Gasteiger partial charge in [0, 0.05) is 34.8 Å². The maximum Gasteiger partial charge on any atom is 0.416 e. The average molecular weight is 547 g/mol. The van der Waals surface area contributed by atoms with E-state index in [2.05, 4.69) is 5.32 Å². The van der Waals surface area contributed by atoms with Crippen molar-refractivity contribution >= 4 is 23.1 Å². The summed E-state index contributed by atoms with van der Waals surface area (Å²) in [5.74, 6) is -0.186. The third kappa shape index (κ3) is 5.81. The minimum atomic E-state index is -4.77. The first-order valence-corrected chi connectivity index (χ1v) is 11.8. The highest BCUT2D eigenvalue weighted by atomic mass is 19.4. The second kappa shape index (κ2) is 10.7. The second-order valence-corrected chi connectivity index (χ2v) is 8.83. The van der Waals surface area contributed by atoms with E-state index >= 15 is 0 Å². The molecule has 3 aromatic rings. The molecular weight excluding hydrogens is 523 g/mol. The molecule has 4 rings (SSSR count). The number of esters is 1. The zero-order valence-electron chi connectivity index (χ0n) is 21.1. The number of aromatic nitrogens is 1. The van der Waals surface area contributed by atoms with Gasteiger partial charge in [0.05, 0.1) is 10.5 Å². The molecule has 1 N–H and O–H groups in total. The maximum atomic E-state index is 12.9. The Hall–Kier alpha value is -4.55. The molecule has 0 bridgehead atoms. The molecule has 206 valence electrons. The zero-order valence-corrected chi connectivity index (χ0v) is 21.1. The summed E-state index contributed by atoms with van der Waals surface area (Å²) < 4.78 is 56.9. The SMILES string of the molecule is Cc1cc(C(=O)COC(=O)[C@H](C)Nc2ccc(C(F)(F)F)cc2[N+](=O)[O-])c(C)n1-c1ccc2c(c1)OCCO2. The van der Waals surface area contributed by atoms with Gasteiger partial charge in [-0.25, -0.2) is 4.79 Å². The Morgan fingerprint density at radius 2 is 1.79 bits per heavy atom. The van der Waals surface area contributed by atoms with E-state index in [4.69, 9.17) is 14.2 Å². The molecule has 10 nitrogen and oxygen atoms in total. The van der Waals surface area contributed by atoms with Crippen LogP contribution in [0, 0.1) is 24.0 Å². The van der Waals surface area contributed by atoms with Crippen molar-refractivity contribution in [2.45, 2.75) is 33.0 Å². The third-order valence-electron chi connectivity index (χ3n) is 6.11. The van der Waals surface area contributed by atoms with Crippen LogP contribution in [0.4, 0.5) is 24.5 Å². The number of carbonyl (C=O) groups is 2. The molecule has 0 amide bonds. The number of hydrogen-bond donors (Lipinski definition) is 1. The highest BCUT2D eigenvalue weighted by Gasteiger charge is 2.33. The number of anilines is 1. The van der Waals surface area contributed by atoms with Crippen LogP contribution in [0.5, 0.6) is 11.5 Å². The van der Waals surface area contributed by atoms with Gasteiger partial charge in [0.2, 0.25) is 5.78 Å². The number of rotatable bonds is 8. The number of fused-ring (bicyclic) bond motifs is 1. The van der Waals surface area contributed by atoms with E-state index in [1.807, 2.05) is 17.6 Å². The number of halogens is 3. The number of benzene rings is 2. The van der Waals surface area contributed by atoms with E-state index in [0.29, 0.717) is 48.1 Å². The van der Waals surface area contributed by atoms with E-state index in [1.165, 1.54) is 6.92 Å². The van der Waals surface area contributed by atoms with Gasteiger partial charge in [0.15, 0.2) is 18.1 Å². The number of nitrogens with zero attached hydrogens (tertiary/aromatic N) is 2. The Labute approximate surface area is 220 Å². The zero-order chi connectivity index (χ0) is 28.5. The average Bonchev–Trinajstić information content (AvgIpc) is 3.19. The topological polar surface area (TPSA) is 122 Å². The first-order chi connectivity index (χ1) is 18.4. The number of nitro benzene ring substituents is 1. The van der Waals surface area contributed by atoms with Crippen molar-refractivity contribution in [1.29, 1.82) is 0 Å². The van der Waals surface area contributed by atoms with Gasteiger partial charge < -0.3 is 24.1 Å². The second-order valence-electron chi connectivity index (χ2n) is 8.83. The Kier molecular flexibility index (Phi) is 7.52. The lowest BCUT2D eigenvalue weighted by atomic mass is 10.1. The fourth-order valence-corrected chi connectivity index (χ4v) is 4.23. The van der Waals surface area contributed by atoms with E-state index in [-0.39, 0.29) is 5.69 Å². The summed E-state index contributed by atoms with van der Waals surface area (Å²) in [7, 11) is 0. The molecule has 0 spiro atoms. The lowest BCUT2D eigenvalue weighted by Gasteiger charge is -2.20. The van der Waals surface area contributed by atoms with Crippen molar-refractivity contribution in [2.75, 3.05) is 25.1 Å². The molecule has 0 fully saturated rings. The number of alkyl halides is 3. The first kappa shape index (κ1) is 27.5. The highest BCUT2D eigenvalue weighted by Crippen LogP contribution is 2.36. The lowest BCUT2D eigenvalue weighted by molar-refractivity contribution is -0.384. The Morgan fingerprint density at radius 3 is 2.46 bits per heavy atom. The molecule has 13 heteroatoms. The monoisotopic (exact) mass is 547 g/mol. The highest BCUT2D eigenvalue weighted by molar-refractivity contribution is 5.99. The molecule has 1 aromatic heterocycles. The fraction of sp³-hybridized carbons (Fsp3) is 0.308. The van der Waals surface area contributed by atoms with Gasteiger partial charge in [-0.3, -0.25) is 14.9 Å². The quantitative estimate of drug-likeness (QED) is 0.181. The van der Waals surface area contributed by atoms with Crippen molar-refractivity contribution in [3.8, 4) is 17.2 Å². The Morgan fingerprint density at radius 1 is 1.10 bits per heavy atom. The number of ketones is 1. The summed E-state index contributed by atoms with van der Waals surface area (Å²) >= 11 is 0. The van der Waals surface area contributed by atoms with Crippen LogP contribution in [0.3, 0.4) is 0 Å². The van der Waals surface area contributed by atoms with Crippen LogP contribution in [0.25, 0.3) is 5.69 Å². The number of ether oxygens (including phenoxy) is 3. The largest absolute Gasteiger partial charge is 0.486 e. The molecule has 0 unspecified atom stereocenters. The predicted octanol–water partition coefficient (Wildman–Crippen LogP) is 5.02. The summed E-state index contributed by atoms with van der Waals surface area (Å²) in [6.07, 6.45) is -4.77. The van der Waals surface area contributed by atoms with E-state index in [9.17, 15) is 32.9 Å². The number of aryl methyl sites for hydroxylation is 1. The van der Waals surface area contributed by atoms with Crippen LogP contribution >= 0.6 is 0 Å². The first-order valence-electron chi connectivity index (χ1n) is 11.8. The van der Waals surface area contributed by atoms with E-state index < -0.39 is 46.8 Å². The van der Waals surface area contributed by atoms with Crippen molar-refractivity contribution in [3.05, 3.63) is 75.1 Å². The summed E-state index contributed by atoms with van der Waals surface area (Å²) in [5, 5.41) is 13.8. The Balaban J connectivity index is 1.44. The number of hydrogen-bond acceptors (Lipinski definition) is 8. The van der Waals surface area contributed by atoms with Crippen LogP contribution in [-0.4, -0.2) is 47.1 Å². The standard InChI is InChI=1S/C26H24F3N3O7/c1-14-10-19(16(3)31(14)18-5-7-23-24(12-18)38-9-8-37-23)22(33)13-39-25(34)15(2)30-20-6-4-17(26(27,28)29)11-21(20)32(35)36/h4-7,10-12,15,30H,8-9,13H2,1-3H3/t15-/m0/s1. The predicted molar refractivity (Wildman–Crippen MR) is 133 cm³/mol.